The molecule has 1 rings (SSSR count). The third kappa shape index (κ3) is 5.31. The molecule has 1 aromatic heterocycles. The summed E-state index contributed by atoms with van der Waals surface area (Å²) in [6.07, 6.45) is -4.11. The third-order valence-electron chi connectivity index (χ3n) is 2.32. The normalized spacial score (nSPS) is 13.0. The molecule has 1 unspecified atom stereocenters. The highest BCUT2D eigenvalue weighted by molar-refractivity contribution is 5.86. The maximum absolute atomic E-state index is 12.4. The molecule has 0 bridgehead atoms. The van der Waals surface area contributed by atoms with Crippen molar-refractivity contribution < 1.29 is 32.3 Å². The first-order valence-electron chi connectivity index (χ1n) is 5.54. The number of halogens is 3. The van der Waals surface area contributed by atoms with E-state index in [9.17, 15) is 22.8 Å². The second-order valence-corrected chi connectivity index (χ2v) is 4.09. The van der Waals surface area contributed by atoms with E-state index in [1.54, 1.807) is 0 Å². The van der Waals surface area contributed by atoms with E-state index in [0.29, 0.717) is 4.90 Å². The molecule has 9 heteroatoms. The van der Waals surface area contributed by atoms with Crippen LogP contribution in [-0.4, -0.2) is 40.6 Å². The van der Waals surface area contributed by atoms with E-state index in [1.807, 2.05) is 0 Å². The molecule has 0 spiro atoms. The Morgan fingerprint density at radius 1 is 1.45 bits per heavy atom. The maximum atomic E-state index is 12.4. The monoisotopic (exact) mass is 294 g/mol. The van der Waals surface area contributed by atoms with Crippen LogP contribution in [0.1, 0.15) is 12.2 Å². The van der Waals surface area contributed by atoms with Gasteiger partial charge in [-0.05, 0) is 12.1 Å². The Bertz CT molecular complexity index is 459. The first-order valence-corrected chi connectivity index (χ1v) is 5.54. The van der Waals surface area contributed by atoms with Crippen LogP contribution in [0.3, 0.4) is 0 Å². The highest BCUT2D eigenvalue weighted by Gasteiger charge is 2.35. The fourth-order valence-corrected chi connectivity index (χ4v) is 1.53. The van der Waals surface area contributed by atoms with Gasteiger partial charge in [-0.3, -0.25) is 9.59 Å². The standard InChI is InChI=1S/C11H13F3N2O4/c12-11(13,14)6-16(5-7-2-1-3-20-7)10(19)8(15)4-9(17)18/h1-3,8H,4-6,15H2,(H,17,18). The Hall–Kier alpha value is -2.03. The van der Waals surface area contributed by atoms with Crippen LogP contribution in [0.4, 0.5) is 13.2 Å². The van der Waals surface area contributed by atoms with Gasteiger partial charge in [0.2, 0.25) is 5.91 Å². The summed E-state index contributed by atoms with van der Waals surface area (Å²) in [5.74, 6) is -2.32. The van der Waals surface area contributed by atoms with Crippen LogP contribution in [0.5, 0.6) is 0 Å². The molecule has 1 heterocycles. The number of hydrogen-bond donors (Lipinski definition) is 2. The Labute approximate surface area is 111 Å². The molecular formula is C11H13F3N2O4. The number of aliphatic carboxylic acids is 1. The lowest BCUT2D eigenvalue weighted by Crippen LogP contribution is -2.47. The summed E-state index contributed by atoms with van der Waals surface area (Å²) in [5.41, 5.74) is 5.30. The second kappa shape index (κ2) is 6.42. The van der Waals surface area contributed by atoms with Crippen LogP contribution < -0.4 is 5.73 Å². The maximum Gasteiger partial charge on any atom is 0.406 e. The molecule has 20 heavy (non-hydrogen) atoms. The Morgan fingerprint density at radius 3 is 2.55 bits per heavy atom. The lowest BCUT2D eigenvalue weighted by molar-refractivity contribution is -0.164. The number of nitrogens with zero attached hydrogens (tertiary/aromatic N) is 1. The van der Waals surface area contributed by atoms with Crippen LogP contribution >= 0.6 is 0 Å². The predicted molar refractivity (Wildman–Crippen MR) is 60.4 cm³/mol. The van der Waals surface area contributed by atoms with Crippen LogP contribution in [0.2, 0.25) is 0 Å². The fourth-order valence-electron chi connectivity index (χ4n) is 1.53. The lowest BCUT2D eigenvalue weighted by atomic mass is 10.2. The van der Waals surface area contributed by atoms with Crippen molar-refractivity contribution >= 4 is 11.9 Å². The van der Waals surface area contributed by atoms with Gasteiger partial charge in [-0.15, -0.1) is 0 Å². The number of amides is 1. The van der Waals surface area contributed by atoms with Crippen LogP contribution in [-0.2, 0) is 16.1 Å². The van der Waals surface area contributed by atoms with Gasteiger partial charge >= 0.3 is 12.1 Å². The summed E-state index contributed by atoms with van der Waals surface area (Å²) in [6.45, 7) is -1.96. The minimum absolute atomic E-state index is 0.144. The molecule has 0 aliphatic carbocycles. The van der Waals surface area contributed by atoms with Crippen molar-refractivity contribution in [1.29, 1.82) is 0 Å². The van der Waals surface area contributed by atoms with Crippen molar-refractivity contribution in [3.8, 4) is 0 Å². The number of nitrogens with two attached hydrogens (primary N) is 1. The van der Waals surface area contributed by atoms with Crippen LogP contribution in [0.25, 0.3) is 0 Å². The lowest BCUT2D eigenvalue weighted by Gasteiger charge is -2.25. The smallest absolute Gasteiger partial charge is 0.406 e. The number of carboxylic acids is 1. The molecular weight excluding hydrogens is 281 g/mol. The van der Waals surface area contributed by atoms with Crippen LogP contribution in [0.15, 0.2) is 22.8 Å². The number of hydrogen-bond acceptors (Lipinski definition) is 4. The summed E-state index contributed by atoms with van der Waals surface area (Å²) in [4.78, 5) is 22.6. The van der Waals surface area contributed by atoms with Crippen molar-refractivity contribution in [2.45, 2.75) is 25.2 Å². The molecule has 1 aromatic rings. The largest absolute Gasteiger partial charge is 0.481 e. The number of alkyl halides is 3. The zero-order chi connectivity index (χ0) is 15.3. The van der Waals surface area contributed by atoms with Gasteiger partial charge in [0.1, 0.15) is 12.3 Å². The molecule has 1 atom stereocenters. The van der Waals surface area contributed by atoms with Gasteiger partial charge < -0.3 is 20.2 Å². The molecule has 0 aromatic carbocycles. The second-order valence-electron chi connectivity index (χ2n) is 4.09. The van der Waals surface area contributed by atoms with Crippen LogP contribution in [0, 0.1) is 0 Å². The summed E-state index contributed by atoms with van der Waals surface area (Å²) in [6, 6.07) is 1.33. The molecule has 0 aliphatic heterocycles. The van der Waals surface area contributed by atoms with Gasteiger partial charge in [0.15, 0.2) is 0 Å². The van der Waals surface area contributed by atoms with Crippen molar-refractivity contribution in [3.63, 3.8) is 0 Å². The van der Waals surface area contributed by atoms with Crippen molar-refractivity contribution in [3.05, 3.63) is 24.2 Å². The molecule has 3 N–H and O–H groups in total. The SMILES string of the molecule is NC(CC(=O)O)C(=O)N(Cc1ccco1)CC(F)(F)F. The molecule has 0 radical (unpaired) electrons. The molecule has 0 aliphatic rings. The highest BCUT2D eigenvalue weighted by atomic mass is 19.4. The van der Waals surface area contributed by atoms with E-state index in [0.717, 1.165) is 0 Å². The van der Waals surface area contributed by atoms with Gasteiger partial charge in [-0.1, -0.05) is 0 Å². The van der Waals surface area contributed by atoms with E-state index in [2.05, 4.69) is 0 Å². The zero-order valence-electron chi connectivity index (χ0n) is 10.3. The average molecular weight is 294 g/mol. The van der Waals surface area contributed by atoms with Gasteiger partial charge in [-0.2, -0.15) is 13.2 Å². The van der Waals surface area contributed by atoms with Crippen molar-refractivity contribution in [2.75, 3.05) is 6.54 Å². The highest BCUT2D eigenvalue weighted by Crippen LogP contribution is 2.19. The third-order valence-corrected chi connectivity index (χ3v) is 2.32. The summed E-state index contributed by atoms with van der Waals surface area (Å²) >= 11 is 0. The number of carboxylic acid groups (broad SMARTS) is 1. The molecule has 0 saturated heterocycles. The summed E-state index contributed by atoms with van der Waals surface area (Å²) in [7, 11) is 0. The quantitative estimate of drug-likeness (QED) is 0.815. The van der Waals surface area contributed by atoms with E-state index in [1.165, 1.54) is 18.4 Å². The minimum Gasteiger partial charge on any atom is -0.481 e. The van der Waals surface area contributed by atoms with Gasteiger partial charge in [-0.25, -0.2) is 0 Å². The first kappa shape index (κ1) is 16.0. The molecule has 6 nitrogen and oxygen atoms in total. The summed E-state index contributed by atoms with van der Waals surface area (Å²) in [5, 5.41) is 8.51. The van der Waals surface area contributed by atoms with E-state index in [4.69, 9.17) is 15.3 Å². The minimum atomic E-state index is -4.62. The fraction of sp³-hybridized carbons (Fsp3) is 0.455. The molecule has 0 fully saturated rings. The van der Waals surface area contributed by atoms with Crippen molar-refractivity contribution in [1.82, 2.24) is 4.90 Å². The first-order chi connectivity index (χ1) is 9.19. The van der Waals surface area contributed by atoms with Gasteiger partial charge in [0.25, 0.3) is 0 Å². The topological polar surface area (TPSA) is 96.8 Å². The Morgan fingerprint density at radius 2 is 2.10 bits per heavy atom. The van der Waals surface area contributed by atoms with E-state index in [-0.39, 0.29) is 5.76 Å². The predicted octanol–water partition coefficient (Wildman–Crippen LogP) is 0.972. The number of carbonyl (C=O) groups excluding carboxylic acids is 1. The molecule has 112 valence electrons. The zero-order valence-corrected chi connectivity index (χ0v) is 10.3. The molecule has 1 amide bonds. The number of furan rings is 1. The molecule has 0 saturated carbocycles. The summed E-state index contributed by atoms with van der Waals surface area (Å²) < 4.78 is 42.2. The average Bonchev–Trinajstić information content (AvgIpc) is 2.77. The van der Waals surface area contributed by atoms with E-state index < -0.39 is 43.6 Å². The van der Waals surface area contributed by atoms with Crippen molar-refractivity contribution in [2.24, 2.45) is 5.73 Å². The van der Waals surface area contributed by atoms with Gasteiger partial charge in [0.05, 0.1) is 25.3 Å². The number of rotatable bonds is 6. The Kier molecular flexibility index (Phi) is 5.14. The van der Waals surface area contributed by atoms with Gasteiger partial charge in [0, 0.05) is 0 Å². The van der Waals surface area contributed by atoms with E-state index >= 15 is 0 Å². The Balaban J connectivity index is 2.80. The number of carbonyl (C=O) groups is 2.